The molecule has 7 nitrogen and oxygen atoms in total. The number of aliphatic hydroxyl groups is 1. The molecule has 0 atom stereocenters. The Morgan fingerprint density at radius 3 is 2.37 bits per heavy atom. The number of rotatable bonds is 9. The van der Waals surface area contributed by atoms with Crippen LogP contribution in [0.4, 0.5) is 8.78 Å². The van der Waals surface area contributed by atoms with Crippen LogP contribution in [0.1, 0.15) is 30.7 Å². The Labute approximate surface area is 210 Å². The molecule has 35 heavy (non-hydrogen) atoms. The van der Waals surface area contributed by atoms with Crippen LogP contribution in [-0.2, 0) is 23.2 Å². The lowest BCUT2D eigenvalue weighted by Crippen LogP contribution is -2.38. The number of ether oxygens (including phenoxy) is 1. The quantitative estimate of drug-likeness (QED) is 0.407. The third-order valence-corrected chi connectivity index (χ3v) is 7.23. The lowest BCUT2D eigenvalue weighted by Gasteiger charge is -2.18. The maximum atomic E-state index is 13.9. The zero-order valence-electron chi connectivity index (χ0n) is 19.3. The van der Waals surface area contributed by atoms with Gasteiger partial charge in [0.1, 0.15) is 28.5 Å². The first-order chi connectivity index (χ1) is 16.3. The predicted molar refractivity (Wildman–Crippen MR) is 131 cm³/mol. The van der Waals surface area contributed by atoms with Gasteiger partial charge in [0.2, 0.25) is 10.0 Å². The van der Waals surface area contributed by atoms with Crippen LogP contribution in [-0.4, -0.2) is 30.2 Å². The van der Waals surface area contributed by atoms with E-state index in [9.17, 15) is 27.1 Å². The number of hydrogen-bond donors (Lipinski definition) is 2. The summed E-state index contributed by atoms with van der Waals surface area (Å²) in [4.78, 5) is 13.0. The van der Waals surface area contributed by atoms with Crippen molar-refractivity contribution in [2.75, 3.05) is 6.54 Å². The molecule has 3 rings (SSSR count). The van der Waals surface area contributed by atoms with Gasteiger partial charge in [0.25, 0.3) is 5.56 Å². The number of aryl methyl sites for hydroxylation is 1. The predicted octanol–water partition coefficient (Wildman–Crippen LogP) is 3.87. The molecule has 188 valence electrons. The zero-order valence-corrected chi connectivity index (χ0v) is 21.7. The van der Waals surface area contributed by atoms with Crippen LogP contribution in [0.5, 0.6) is 5.75 Å². The molecule has 0 aliphatic heterocycles. The van der Waals surface area contributed by atoms with Gasteiger partial charge in [0.05, 0.1) is 17.0 Å². The Hall–Kier alpha value is -2.60. The van der Waals surface area contributed by atoms with Crippen LogP contribution in [0.25, 0.3) is 0 Å². The van der Waals surface area contributed by atoms with Gasteiger partial charge in [0, 0.05) is 29.9 Å². The molecule has 0 saturated carbocycles. The monoisotopic (exact) mass is 570 g/mol. The third kappa shape index (κ3) is 6.97. The normalized spacial score (nSPS) is 12.1. The number of sulfonamides is 1. The van der Waals surface area contributed by atoms with Crippen LogP contribution < -0.4 is 15.0 Å². The Kier molecular flexibility index (Phi) is 8.15. The van der Waals surface area contributed by atoms with E-state index in [0.717, 1.165) is 12.1 Å². The van der Waals surface area contributed by atoms with Crippen LogP contribution in [0.2, 0.25) is 0 Å². The van der Waals surface area contributed by atoms with Gasteiger partial charge in [-0.15, -0.1) is 0 Å². The SMILES string of the molecule is Cc1cc(OCc2ccc(F)cc2F)c(Br)c(=O)n1Cc1ccc(S(=O)(=O)NCC(C)(C)O)cc1. The van der Waals surface area contributed by atoms with Crippen molar-refractivity contribution in [1.82, 2.24) is 9.29 Å². The van der Waals surface area contributed by atoms with E-state index in [0.29, 0.717) is 11.3 Å². The molecule has 0 radical (unpaired) electrons. The fourth-order valence-electron chi connectivity index (χ4n) is 3.12. The highest BCUT2D eigenvalue weighted by Gasteiger charge is 2.20. The number of nitrogens with one attached hydrogen (secondary N) is 1. The van der Waals surface area contributed by atoms with Crippen molar-refractivity contribution >= 4 is 26.0 Å². The molecule has 1 heterocycles. The van der Waals surface area contributed by atoms with E-state index in [2.05, 4.69) is 20.7 Å². The standard InChI is InChI=1S/C24H25BrF2N2O5S/c1-15-10-21(34-13-17-6-7-18(26)11-20(17)27)22(25)23(30)29(15)12-16-4-8-19(9-5-16)35(32,33)28-14-24(2,3)31/h4-11,28,31H,12-14H2,1-3H3. The van der Waals surface area contributed by atoms with E-state index >= 15 is 0 Å². The number of benzene rings is 2. The van der Waals surface area contributed by atoms with Gasteiger partial charge >= 0.3 is 0 Å². The van der Waals surface area contributed by atoms with Gasteiger partial charge in [-0.25, -0.2) is 21.9 Å². The maximum Gasteiger partial charge on any atom is 0.269 e. The molecule has 0 fully saturated rings. The number of aromatic nitrogens is 1. The molecule has 1 aromatic heterocycles. The van der Waals surface area contributed by atoms with Gasteiger partial charge in [-0.3, -0.25) is 4.79 Å². The number of pyridine rings is 1. The summed E-state index contributed by atoms with van der Waals surface area (Å²) in [6, 6.07) is 10.8. The summed E-state index contributed by atoms with van der Waals surface area (Å²) < 4.78 is 61.3. The van der Waals surface area contributed by atoms with Crippen molar-refractivity contribution in [1.29, 1.82) is 0 Å². The highest BCUT2D eigenvalue weighted by Crippen LogP contribution is 2.24. The molecule has 2 N–H and O–H groups in total. The molecule has 0 amide bonds. The van der Waals surface area contributed by atoms with E-state index in [-0.39, 0.29) is 45.9 Å². The molecule has 0 bridgehead atoms. The largest absolute Gasteiger partial charge is 0.487 e. The molecule has 0 aliphatic rings. The van der Waals surface area contributed by atoms with Crippen molar-refractivity contribution in [2.24, 2.45) is 0 Å². The second kappa shape index (κ2) is 10.6. The molecule has 0 aliphatic carbocycles. The first kappa shape index (κ1) is 27.0. The summed E-state index contributed by atoms with van der Waals surface area (Å²) in [5.41, 5.74) is -0.181. The minimum absolute atomic E-state index is 0.0347. The summed E-state index contributed by atoms with van der Waals surface area (Å²) in [5.74, 6) is -1.22. The summed E-state index contributed by atoms with van der Waals surface area (Å²) in [5, 5.41) is 9.74. The maximum absolute atomic E-state index is 13.9. The lowest BCUT2D eigenvalue weighted by atomic mass is 10.1. The third-order valence-electron chi connectivity index (χ3n) is 5.08. The smallest absolute Gasteiger partial charge is 0.269 e. The highest BCUT2D eigenvalue weighted by atomic mass is 79.9. The van der Waals surface area contributed by atoms with Gasteiger partial charge < -0.3 is 14.4 Å². The summed E-state index contributed by atoms with van der Waals surface area (Å²) in [7, 11) is -3.80. The van der Waals surface area contributed by atoms with Crippen LogP contribution in [0.3, 0.4) is 0 Å². The lowest BCUT2D eigenvalue weighted by molar-refractivity contribution is 0.0857. The van der Waals surface area contributed by atoms with E-state index in [1.807, 2.05) is 0 Å². The molecule has 2 aromatic carbocycles. The van der Waals surface area contributed by atoms with E-state index in [4.69, 9.17) is 4.74 Å². The minimum atomic E-state index is -3.80. The number of halogens is 3. The summed E-state index contributed by atoms with van der Waals surface area (Å²) >= 11 is 3.23. The Morgan fingerprint density at radius 1 is 1.11 bits per heavy atom. The van der Waals surface area contributed by atoms with Crippen molar-refractivity contribution in [3.05, 3.63) is 91.8 Å². The molecular weight excluding hydrogens is 546 g/mol. The topological polar surface area (TPSA) is 97.6 Å². The van der Waals surface area contributed by atoms with Gasteiger partial charge in [-0.05, 0) is 66.5 Å². The second-order valence-electron chi connectivity index (χ2n) is 8.66. The number of nitrogens with zero attached hydrogens (tertiary/aromatic N) is 1. The molecular formula is C24H25BrF2N2O5S. The summed E-state index contributed by atoms with van der Waals surface area (Å²) in [6.45, 7) is 4.54. The average molecular weight is 571 g/mol. The van der Waals surface area contributed by atoms with Crippen LogP contribution in [0.15, 0.2) is 62.7 Å². The van der Waals surface area contributed by atoms with E-state index in [1.165, 1.54) is 36.6 Å². The fraction of sp³-hybridized carbons (Fsp3) is 0.292. The van der Waals surface area contributed by atoms with Crippen LogP contribution >= 0.6 is 15.9 Å². The van der Waals surface area contributed by atoms with Crippen molar-refractivity contribution in [2.45, 2.75) is 44.4 Å². The summed E-state index contributed by atoms with van der Waals surface area (Å²) in [6.07, 6.45) is 0. The van der Waals surface area contributed by atoms with Gasteiger partial charge in [0.15, 0.2) is 0 Å². The van der Waals surface area contributed by atoms with Crippen molar-refractivity contribution in [3.63, 3.8) is 0 Å². The molecule has 0 unspecified atom stereocenters. The van der Waals surface area contributed by atoms with Crippen molar-refractivity contribution in [3.8, 4) is 5.75 Å². The molecule has 0 spiro atoms. The Morgan fingerprint density at radius 2 is 1.77 bits per heavy atom. The van der Waals surface area contributed by atoms with E-state index < -0.39 is 27.3 Å². The Balaban J connectivity index is 1.76. The molecule has 11 heteroatoms. The minimum Gasteiger partial charge on any atom is -0.487 e. The molecule has 3 aromatic rings. The van der Waals surface area contributed by atoms with Crippen LogP contribution in [0, 0.1) is 18.6 Å². The fourth-order valence-corrected chi connectivity index (χ4v) is 4.77. The van der Waals surface area contributed by atoms with Gasteiger partial charge in [-0.2, -0.15) is 0 Å². The highest BCUT2D eigenvalue weighted by molar-refractivity contribution is 9.10. The first-order valence-corrected chi connectivity index (χ1v) is 12.8. The number of hydrogen-bond acceptors (Lipinski definition) is 5. The van der Waals surface area contributed by atoms with E-state index in [1.54, 1.807) is 25.1 Å². The zero-order chi connectivity index (χ0) is 26.0. The van der Waals surface area contributed by atoms with Gasteiger partial charge in [-0.1, -0.05) is 12.1 Å². The Bertz CT molecular complexity index is 1380. The first-order valence-electron chi connectivity index (χ1n) is 10.5. The van der Waals surface area contributed by atoms with Crippen molar-refractivity contribution < 1.29 is 27.0 Å². The average Bonchev–Trinajstić information content (AvgIpc) is 2.78. The second-order valence-corrected chi connectivity index (χ2v) is 11.2. The molecule has 0 saturated heterocycles.